The molecule has 98 valence electrons. The van der Waals surface area contributed by atoms with Crippen LogP contribution in [0.4, 0.5) is 0 Å². The molecule has 1 aliphatic heterocycles. The molecule has 0 saturated carbocycles. The normalized spacial score (nSPS) is 20.4. The highest BCUT2D eigenvalue weighted by Crippen LogP contribution is 2.11. The van der Waals surface area contributed by atoms with Crippen molar-refractivity contribution in [2.75, 3.05) is 13.2 Å². The summed E-state index contributed by atoms with van der Waals surface area (Å²) < 4.78 is 28.9. The zero-order chi connectivity index (χ0) is 13.0. The van der Waals surface area contributed by atoms with Crippen molar-refractivity contribution in [3.8, 4) is 0 Å². The molecule has 0 aliphatic carbocycles. The second-order valence-electron chi connectivity index (χ2n) is 4.31. The van der Waals surface area contributed by atoms with Crippen molar-refractivity contribution in [2.45, 2.75) is 18.2 Å². The minimum Gasteiger partial charge on any atom is -0.381 e. The minimum absolute atomic E-state index is 0.200. The third kappa shape index (κ3) is 3.30. The van der Waals surface area contributed by atoms with E-state index in [1.807, 2.05) is 6.92 Å². The third-order valence-corrected chi connectivity index (χ3v) is 3.99. The fourth-order valence-electron chi connectivity index (χ4n) is 1.65. The van der Waals surface area contributed by atoms with Crippen LogP contribution in [0.3, 0.4) is 0 Å². The molecule has 1 unspecified atom stereocenters. The number of nitrogens with zero attached hydrogens (tertiary/aromatic N) is 1. The molecule has 0 spiro atoms. The van der Waals surface area contributed by atoms with Crippen LogP contribution >= 0.6 is 0 Å². The number of hydrogen-bond donors (Lipinski definition) is 1. The van der Waals surface area contributed by atoms with Crippen LogP contribution in [0, 0.1) is 12.8 Å². The van der Waals surface area contributed by atoms with Crippen LogP contribution < -0.4 is 4.83 Å². The average molecular weight is 268 g/mol. The Bertz CT molecular complexity index is 517. The van der Waals surface area contributed by atoms with Gasteiger partial charge in [0, 0.05) is 18.7 Å². The van der Waals surface area contributed by atoms with E-state index in [2.05, 4.69) is 9.93 Å². The van der Waals surface area contributed by atoms with E-state index in [4.69, 9.17) is 4.74 Å². The Morgan fingerprint density at radius 2 is 2.11 bits per heavy atom. The summed E-state index contributed by atoms with van der Waals surface area (Å²) in [5.41, 5.74) is 1.01. The number of benzene rings is 1. The molecule has 1 N–H and O–H groups in total. The van der Waals surface area contributed by atoms with Gasteiger partial charge in [-0.3, -0.25) is 0 Å². The lowest BCUT2D eigenvalue weighted by molar-refractivity contribution is 0.193. The molecule has 5 nitrogen and oxygen atoms in total. The first-order valence-electron chi connectivity index (χ1n) is 5.77. The van der Waals surface area contributed by atoms with Gasteiger partial charge in [-0.25, -0.2) is 4.83 Å². The van der Waals surface area contributed by atoms with E-state index in [-0.39, 0.29) is 10.8 Å². The second-order valence-corrected chi connectivity index (χ2v) is 5.97. The van der Waals surface area contributed by atoms with Crippen molar-refractivity contribution in [3.05, 3.63) is 29.8 Å². The summed E-state index contributed by atoms with van der Waals surface area (Å²) in [5.74, 6) is 0.200. The lowest BCUT2D eigenvalue weighted by atomic mass is 10.1. The molecule has 1 aromatic rings. The van der Waals surface area contributed by atoms with Gasteiger partial charge in [-0.05, 0) is 25.5 Å². The largest absolute Gasteiger partial charge is 0.381 e. The van der Waals surface area contributed by atoms with Gasteiger partial charge in [0.25, 0.3) is 10.0 Å². The zero-order valence-electron chi connectivity index (χ0n) is 10.2. The van der Waals surface area contributed by atoms with E-state index in [1.54, 1.807) is 30.5 Å². The van der Waals surface area contributed by atoms with Crippen molar-refractivity contribution in [1.29, 1.82) is 0 Å². The van der Waals surface area contributed by atoms with Gasteiger partial charge in [0.1, 0.15) is 0 Å². The maximum absolute atomic E-state index is 11.9. The van der Waals surface area contributed by atoms with Crippen LogP contribution in [0.25, 0.3) is 0 Å². The van der Waals surface area contributed by atoms with Crippen molar-refractivity contribution in [2.24, 2.45) is 11.0 Å². The molecule has 0 bridgehead atoms. The Balaban J connectivity index is 2.00. The standard InChI is InChI=1S/C12H16N2O3S/c1-10-2-4-12(5-3-10)18(15,16)14-13-8-11-6-7-17-9-11/h2-5,8,11,14H,6-7,9H2,1H3/b13-8+. The molecule has 1 aliphatic rings. The average Bonchev–Trinajstić information content (AvgIpc) is 2.82. The Hall–Kier alpha value is -1.40. The van der Waals surface area contributed by atoms with Crippen LogP contribution in [0.5, 0.6) is 0 Å². The fraction of sp³-hybridized carbons (Fsp3) is 0.417. The molecule has 0 aromatic heterocycles. The number of ether oxygens (including phenoxy) is 1. The van der Waals surface area contributed by atoms with Gasteiger partial charge in [-0.15, -0.1) is 0 Å². The number of hydrazone groups is 1. The van der Waals surface area contributed by atoms with Gasteiger partial charge in [0.15, 0.2) is 0 Å². The van der Waals surface area contributed by atoms with Gasteiger partial charge in [0.2, 0.25) is 0 Å². The van der Waals surface area contributed by atoms with Gasteiger partial charge in [-0.2, -0.15) is 13.5 Å². The van der Waals surface area contributed by atoms with Crippen molar-refractivity contribution in [3.63, 3.8) is 0 Å². The van der Waals surface area contributed by atoms with E-state index in [9.17, 15) is 8.42 Å². The molecular formula is C12H16N2O3S. The van der Waals surface area contributed by atoms with E-state index >= 15 is 0 Å². The molecular weight excluding hydrogens is 252 g/mol. The molecule has 1 heterocycles. The van der Waals surface area contributed by atoms with Crippen LogP contribution in [0.1, 0.15) is 12.0 Å². The minimum atomic E-state index is -3.56. The number of aryl methyl sites for hydroxylation is 1. The van der Waals surface area contributed by atoms with Crippen molar-refractivity contribution >= 4 is 16.2 Å². The highest BCUT2D eigenvalue weighted by atomic mass is 32.2. The number of sulfonamides is 1. The lowest BCUT2D eigenvalue weighted by Crippen LogP contribution is -2.19. The molecule has 1 fully saturated rings. The highest BCUT2D eigenvalue weighted by molar-refractivity contribution is 7.89. The second kappa shape index (κ2) is 5.49. The van der Waals surface area contributed by atoms with Crippen molar-refractivity contribution in [1.82, 2.24) is 4.83 Å². The SMILES string of the molecule is Cc1ccc(S(=O)(=O)N/N=C/C2CCOC2)cc1. The quantitative estimate of drug-likeness (QED) is 0.661. The summed E-state index contributed by atoms with van der Waals surface area (Å²) in [6.07, 6.45) is 2.48. The molecule has 1 atom stereocenters. The van der Waals surface area contributed by atoms with E-state index in [0.717, 1.165) is 12.0 Å². The monoisotopic (exact) mass is 268 g/mol. The zero-order valence-corrected chi connectivity index (χ0v) is 11.0. The molecule has 0 amide bonds. The lowest BCUT2D eigenvalue weighted by Gasteiger charge is -2.04. The first kappa shape index (κ1) is 13.0. The summed E-state index contributed by atoms with van der Waals surface area (Å²) >= 11 is 0. The Morgan fingerprint density at radius 1 is 1.39 bits per heavy atom. The van der Waals surface area contributed by atoms with Crippen molar-refractivity contribution < 1.29 is 13.2 Å². The Labute approximate surface area is 107 Å². The van der Waals surface area contributed by atoms with Gasteiger partial charge in [-0.1, -0.05) is 17.7 Å². The topological polar surface area (TPSA) is 67.8 Å². The molecule has 6 heteroatoms. The molecule has 2 rings (SSSR count). The summed E-state index contributed by atoms with van der Waals surface area (Å²) in [4.78, 5) is 2.42. The Morgan fingerprint density at radius 3 is 2.72 bits per heavy atom. The van der Waals surface area contributed by atoms with Gasteiger partial charge < -0.3 is 4.74 Å². The predicted octanol–water partition coefficient (Wildman–Crippen LogP) is 1.30. The summed E-state index contributed by atoms with van der Waals surface area (Å²) in [7, 11) is -3.56. The predicted molar refractivity (Wildman–Crippen MR) is 68.9 cm³/mol. The number of nitrogens with one attached hydrogen (secondary N) is 1. The van der Waals surface area contributed by atoms with Gasteiger partial charge in [0.05, 0.1) is 11.5 Å². The third-order valence-electron chi connectivity index (χ3n) is 2.75. The summed E-state index contributed by atoms with van der Waals surface area (Å²) in [6, 6.07) is 6.63. The molecule has 1 aromatic carbocycles. The first-order chi connectivity index (χ1) is 8.58. The number of rotatable bonds is 4. The summed E-state index contributed by atoms with van der Waals surface area (Å²) in [5, 5.41) is 3.78. The van der Waals surface area contributed by atoms with E-state index in [1.165, 1.54) is 0 Å². The summed E-state index contributed by atoms with van der Waals surface area (Å²) in [6.45, 7) is 3.22. The number of hydrogen-bond acceptors (Lipinski definition) is 4. The smallest absolute Gasteiger partial charge is 0.276 e. The fourth-order valence-corrected chi connectivity index (χ4v) is 2.45. The molecule has 18 heavy (non-hydrogen) atoms. The van der Waals surface area contributed by atoms with E-state index in [0.29, 0.717) is 13.2 Å². The van der Waals surface area contributed by atoms with Crippen LogP contribution in [0.2, 0.25) is 0 Å². The van der Waals surface area contributed by atoms with E-state index < -0.39 is 10.0 Å². The van der Waals surface area contributed by atoms with Crippen LogP contribution in [-0.4, -0.2) is 27.8 Å². The highest BCUT2D eigenvalue weighted by Gasteiger charge is 2.15. The first-order valence-corrected chi connectivity index (χ1v) is 7.26. The maximum Gasteiger partial charge on any atom is 0.276 e. The van der Waals surface area contributed by atoms with Crippen LogP contribution in [0.15, 0.2) is 34.3 Å². The molecule has 0 radical (unpaired) electrons. The maximum atomic E-state index is 11.9. The van der Waals surface area contributed by atoms with Gasteiger partial charge >= 0.3 is 0 Å². The van der Waals surface area contributed by atoms with Crippen LogP contribution in [-0.2, 0) is 14.8 Å². The molecule has 1 saturated heterocycles. The Kier molecular flexibility index (Phi) is 3.98.